The number of carbonyl (C=O) groups is 2. The molecule has 0 heterocycles. The average Bonchev–Trinajstić information content (AvgIpc) is 1.85. The van der Waals surface area contributed by atoms with Crippen LogP contribution in [0.15, 0.2) is 12.2 Å². The van der Waals surface area contributed by atoms with E-state index in [0.717, 1.165) is 0 Å². The van der Waals surface area contributed by atoms with E-state index in [9.17, 15) is 9.59 Å². The summed E-state index contributed by atoms with van der Waals surface area (Å²) in [5.74, 6) is -2.17. The molecule has 0 aromatic carbocycles. The highest BCUT2D eigenvalue weighted by molar-refractivity contribution is 5.87. The molecular weight excluding hydrogens is 160 g/mol. The van der Waals surface area contributed by atoms with Crippen LogP contribution in [0.1, 0.15) is 20.3 Å². The minimum absolute atomic E-state index is 0.0440. The molecule has 0 unspecified atom stereocenters. The van der Waals surface area contributed by atoms with E-state index in [1.54, 1.807) is 0 Å². The van der Waals surface area contributed by atoms with Crippen LogP contribution in [0.2, 0.25) is 0 Å². The first-order chi connectivity index (χ1) is 5.27. The molecule has 68 valence electrons. The Balaban J connectivity index is 4.35. The highest BCUT2D eigenvalue weighted by Crippen LogP contribution is 2.24. The van der Waals surface area contributed by atoms with Gasteiger partial charge in [0.25, 0.3) is 0 Å². The first-order valence-electron chi connectivity index (χ1n) is 3.42. The van der Waals surface area contributed by atoms with Gasteiger partial charge in [-0.1, -0.05) is 6.58 Å². The van der Waals surface area contributed by atoms with Crippen molar-refractivity contribution >= 4 is 11.9 Å². The predicted octanol–water partition coefficient (Wildman–Crippen LogP) is 1.13. The molecule has 0 atom stereocenters. The van der Waals surface area contributed by atoms with Crippen molar-refractivity contribution in [3.63, 3.8) is 0 Å². The SMILES string of the molecule is C=C(CC(C)(C)C(=O)O)C(=O)O. The van der Waals surface area contributed by atoms with Gasteiger partial charge in [0.15, 0.2) is 0 Å². The highest BCUT2D eigenvalue weighted by Gasteiger charge is 2.29. The number of carboxylic acid groups (broad SMARTS) is 2. The average molecular weight is 172 g/mol. The van der Waals surface area contributed by atoms with Gasteiger partial charge >= 0.3 is 11.9 Å². The monoisotopic (exact) mass is 172 g/mol. The summed E-state index contributed by atoms with van der Waals surface area (Å²) >= 11 is 0. The molecule has 0 aliphatic carbocycles. The molecule has 0 aromatic heterocycles. The third-order valence-corrected chi connectivity index (χ3v) is 1.54. The quantitative estimate of drug-likeness (QED) is 0.623. The minimum atomic E-state index is -1.15. The Morgan fingerprint density at radius 2 is 1.75 bits per heavy atom. The third kappa shape index (κ3) is 2.74. The van der Waals surface area contributed by atoms with Gasteiger partial charge in [0, 0.05) is 5.57 Å². The summed E-state index contributed by atoms with van der Waals surface area (Å²) in [6, 6.07) is 0. The fraction of sp³-hybridized carbons (Fsp3) is 0.500. The summed E-state index contributed by atoms with van der Waals surface area (Å²) in [6.45, 7) is 6.18. The van der Waals surface area contributed by atoms with Crippen LogP contribution >= 0.6 is 0 Å². The minimum Gasteiger partial charge on any atom is -0.481 e. The van der Waals surface area contributed by atoms with E-state index >= 15 is 0 Å². The normalized spacial score (nSPS) is 10.8. The molecule has 0 aromatic rings. The molecule has 0 amide bonds. The maximum absolute atomic E-state index is 10.5. The van der Waals surface area contributed by atoms with Crippen molar-refractivity contribution in [2.75, 3.05) is 0 Å². The van der Waals surface area contributed by atoms with E-state index in [1.807, 2.05) is 0 Å². The van der Waals surface area contributed by atoms with E-state index < -0.39 is 17.4 Å². The van der Waals surface area contributed by atoms with Crippen LogP contribution in [0.4, 0.5) is 0 Å². The predicted molar refractivity (Wildman–Crippen MR) is 42.8 cm³/mol. The molecule has 0 fully saturated rings. The van der Waals surface area contributed by atoms with Gasteiger partial charge in [-0.25, -0.2) is 4.79 Å². The Morgan fingerprint density at radius 1 is 1.33 bits per heavy atom. The van der Waals surface area contributed by atoms with Crippen LogP contribution in [0.25, 0.3) is 0 Å². The van der Waals surface area contributed by atoms with Crippen molar-refractivity contribution < 1.29 is 19.8 Å². The summed E-state index contributed by atoms with van der Waals surface area (Å²) in [5.41, 5.74) is -1.14. The van der Waals surface area contributed by atoms with Gasteiger partial charge in [0.05, 0.1) is 5.41 Å². The Labute approximate surface area is 70.5 Å². The number of rotatable bonds is 4. The lowest BCUT2D eigenvalue weighted by molar-refractivity contribution is -0.147. The van der Waals surface area contributed by atoms with Gasteiger partial charge in [-0.3, -0.25) is 4.79 Å². The molecule has 4 nitrogen and oxygen atoms in total. The Morgan fingerprint density at radius 3 is 2.00 bits per heavy atom. The second-order valence-electron chi connectivity index (χ2n) is 3.27. The van der Waals surface area contributed by atoms with Crippen molar-refractivity contribution in [3.05, 3.63) is 12.2 Å². The second-order valence-corrected chi connectivity index (χ2v) is 3.27. The summed E-state index contributed by atoms with van der Waals surface area (Å²) in [7, 11) is 0. The van der Waals surface area contributed by atoms with Crippen molar-refractivity contribution in [2.24, 2.45) is 5.41 Å². The molecule has 0 aliphatic rings. The molecule has 0 radical (unpaired) electrons. The second kappa shape index (κ2) is 3.38. The summed E-state index contributed by atoms with van der Waals surface area (Å²) in [5, 5.41) is 17.1. The molecule has 0 aliphatic heterocycles. The fourth-order valence-electron chi connectivity index (χ4n) is 0.685. The Kier molecular flexibility index (Phi) is 3.01. The van der Waals surface area contributed by atoms with E-state index in [-0.39, 0.29) is 12.0 Å². The zero-order valence-corrected chi connectivity index (χ0v) is 7.13. The number of hydrogen-bond acceptors (Lipinski definition) is 2. The molecule has 0 bridgehead atoms. The first-order valence-corrected chi connectivity index (χ1v) is 3.42. The molecule has 0 rings (SSSR count). The lowest BCUT2D eigenvalue weighted by Gasteiger charge is -2.18. The molecule has 0 saturated heterocycles. The Hall–Kier alpha value is -1.32. The van der Waals surface area contributed by atoms with E-state index in [4.69, 9.17) is 10.2 Å². The maximum atomic E-state index is 10.5. The molecule has 12 heavy (non-hydrogen) atoms. The first kappa shape index (κ1) is 10.7. The zero-order chi connectivity index (χ0) is 9.94. The van der Waals surface area contributed by atoms with E-state index in [0.29, 0.717) is 0 Å². The largest absolute Gasteiger partial charge is 0.481 e. The Bertz CT molecular complexity index is 227. The van der Waals surface area contributed by atoms with Gasteiger partial charge in [0.1, 0.15) is 0 Å². The van der Waals surface area contributed by atoms with Gasteiger partial charge in [-0.05, 0) is 20.3 Å². The molecule has 0 spiro atoms. The molecule has 2 N–H and O–H groups in total. The van der Waals surface area contributed by atoms with Gasteiger partial charge in [0.2, 0.25) is 0 Å². The zero-order valence-electron chi connectivity index (χ0n) is 7.13. The van der Waals surface area contributed by atoms with Crippen molar-refractivity contribution in [3.8, 4) is 0 Å². The van der Waals surface area contributed by atoms with Crippen LogP contribution in [-0.2, 0) is 9.59 Å². The van der Waals surface area contributed by atoms with Crippen molar-refractivity contribution in [1.82, 2.24) is 0 Å². The van der Waals surface area contributed by atoms with E-state index in [1.165, 1.54) is 13.8 Å². The number of carboxylic acids is 2. The summed E-state index contributed by atoms with van der Waals surface area (Å²) in [4.78, 5) is 20.9. The number of hydrogen-bond donors (Lipinski definition) is 2. The molecule has 0 saturated carbocycles. The molecular formula is C8H12O4. The summed E-state index contributed by atoms with van der Waals surface area (Å²) < 4.78 is 0. The van der Waals surface area contributed by atoms with Crippen LogP contribution in [-0.4, -0.2) is 22.2 Å². The van der Waals surface area contributed by atoms with E-state index in [2.05, 4.69) is 6.58 Å². The van der Waals surface area contributed by atoms with Crippen molar-refractivity contribution in [1.29, 1.82) is 0 Å². The van der Waals surface area contributed by atoms with Crippen LogP contribution in [0.3, 0.4) is 0 Å². The lowest BCUT2D eigenvalue weighted by Crippen LogP contribution is -2.25. The standard InChI is InChI=1S/C8H12O4/c1-5(6(9)10)4-8(2,3)7(11)12/h1,4H2,2-3H3,(H,9,10)(H,11,12). The van der Waals surface area contributed by atoms with Gasteiger partial charge < -0.3 is 10.2 Å². The third-order valence-electron chi connectivity index (χ3n) is 1.54. The number of aliphatic carboxylic acids is 2. The van der Waals surface area contributed by atoms with Crippen LogP contribution in [0, 0.1) is 5.41 Å². The van der Waals surface area contributed by atoms with Gasteiger partial charge in [-0.15, -0.1) is 0 Å². The highest BCUT2D eigenvalue weighted by atomic mass is 16.4. The lowest BCUT2D eigenvalue weighted by atomic mass is 9.86. The molecule has 4 heteroatoms. The maximum Gasteiger partial charge on any atom is 0.330 e. The van der Waals surface area contributed by atoms with Crippen LogP contribution < -0.4 is 0 Å². The smallest absolute Gasteiger partial charge is 0.330 e. The van der Waals surface area contributed by atoms with Crippen molar-refractivity contribution in [2.45, 2.75) is 20.3 Å². The summed E-state index contributed by atoms with van der Waals surface area (Å²) in [6.07, 6.45) is -0.0440. The fourth-order valence-corrected chi connectivity index (χ4v) is 0.685. The van der Waals surface area contributed by atoms with Gasteiger partial charge in [-0.2, -0.15) is 0 Å². The topological polar surface area (TPSA) is 74.6 Å². The van der Waals surface area contributed by atoms with Crippen LogP contribution in [0.5, 0.6) is 0 Å².